The Labute approximate surface area is 192 Å². The fourth-order valence-electron chi connectivity index (χ4n) is 4.39. The largest absolute Gasteiger partial charge is 0.466 e. The molecule has 0 unspecified atom stereocenters. The lowest BCUT2D eigenvalue weighted by molar-refractivity contribution is -0.134. The van der Waals surface area contributed by atoms with E-state index in [0.717, 1.165) is 69.2 Å². The van der Waals surface area contributed by atoms with Gasteiger partial charge in [0.1, 0.15) is 0 Å². The van der Waals surface area contributed by atoms with Crippen LogP contribution in [0.25, 0.3) is 6.08 Å². The number of ether oxygens (including phenoxy) is 1. The third-order valence-corrected chi connectivity index (χ3v) is 6.21. The summed E-state index contributed by atoms with van der Waals surface area (Å²) in [6.07, 6.45) is 12.9. The zero-order chi connectivity index (χ0) is 22.6. The Morgan fingerprint density at radius 3 is 2.50 bits per heavy atom. The lowest BCUT2D eigenvalue weighted by Gasteiger charge is -2.30. The summed E-state index contributed by atoms with van der Waals surface area (Å²) in [7, 11) is 1.37. The van der Waals surface area contributed by atoms with Crippen LogP contribution in [0, 0.1) is 5.92 Å². The standard InChI is InChI=1S/C28H35NO3/c1-32-27(30)20-19-24-15-11-18-26(22-24)29(28(31)25-16-8-3-9-17-25)21-10-4-7-14-23-12-5-2-6-13-23/h2,5-6,11-13,15,18-20,22,25H,3-4,7-10,14,16-17,21H2,1H3/b20-19+. The second-order valence-electron chi connectivity index (χ2n) is 8.57. The summed E-state index contributed by atoms with van der Waals surface area (Å²) in [5, 5.41) is 0. The maximum absolute atomic E-state index is 13.4. The third-order valence-electron chi connectivity index (χ3n) is 6.21. The van der Waals surface area contributed by atoms with Crippen LogP contribution < -0.4 is 4.90 Å². The summed E-state index contributed by atoms with van der Waals surface area (Å²) in [6.45, 7) is 0.730. The first kappa shape index (κ1) is 23.8. The summed E-state index contributed by atoms with van der Waals surface area (Å²) in [5.74, 6) is -0.00634. The molecule has 0 N–H and O–H groups in total. The van der Waals surface area contributed by atoms with Crippen LogP contribution in [0.15, 0.2) is 60.7 Å². The number of methoxy groups -OCH3 is 1. The number of carbonyl (C=O) groups excluding carboxylic acids is 2. The van der Waals surface area contributed by atoms with Crippen molar-refractivity contribution in [2.24, 2.45) is 5.92 Å². The van der Waals surface area contributed by atoms with Crippen molar-refractivity contribution < 1.29 is 14.3 Å². The van der Waals surface area contributed by atoms with E-state index in [1.165, 1.54) is 25.2 Å². The smallest absolute Gasteiger partial charge is 0.330 e. The number of carbonyl (C=O) groups is 2. The molecule has 1 aliphatic carbocycles. The highest BCUT2D eigenvalue weighted by Gasteiger charge is 2.26. The van der Waals surface area contributed by atoms with Crippen LogP contribution in [0.3, 0.4) is 0 Å². The van der Waals surface area contributed by atoms with Crippen LogP contribution in [0.4, 0.5) is 5.69 Å². The number of anilines is 1. The third kappa shape index (κ3) is 7.37. The van der Waals surface area contributed by atoms with E-state index in [2.05, 4.69) is 29.0 Å². The molecule has 0 saturated heterocycles. The van der Waals surface area contributed by atoms with Crippen molar-refractivity contribution in [3.05, 3.63) is 71.8 Å². The Morgan fingerprint density at radius 2 is 1.75 bits per heavy atom. The first-order chi connectivity index (χ1) is 15.7. The van der Waals surface area contributed by atoms with Crippen molar-refractivity contribution in [1.82, 2.24) is 0 Å². The number of aryl methyl sites for hydroxylation is 1. The maximum atomic E-state index is 13.4. The molecule has 0 bridgehead atoms. The summed E-state index contributed by atoms with van der Waals surface area (Å²) >= 11 is 0. The SMILES string of the molecule is COC(=O)/C=C/c1cccc(N(CCCCCc2ccccc2)C(=O)C2CCCCC2)c1. The van der Waals surface area contributed by atoms with Gasteiger partial charge >= 0.3 is 5.97 Å². The van der Waals surface area contributed by atoms with Gasteiger partial charge in [-0.05, 0) is 61.4 Å². The second kappa shape index (κ2) is 12.8. The highest BCUT2D eigenvalue weighted by molar-refractivity contribution is 5.95. The second-order valence-corrected chi connectivity index (χ2v) is 8.57. The van der Waals surface area contributed by atoms with Gasteiger partial charge in [0.2, 0.25) is 5.91 Å². The molecule has 170 valence electrons. The van der Waals surface area contributed by atoms with E-state index in [0.29, 0.717) is 0 Å². The fourth-order valence-corrected chi connectivity index (χ4v) is 4.39. The van der Waals surface area contributed by atoms with Crippen molar-refractivity contribution in [2.75, 3.05) is 18.6 Å². The highest BCUT2D eigenvalue weighted by Crippen LogP contribution is 2.28. The minimum atomic E-state index is -0.385. The van der Waals surface area contributed by atoms with Gasteiger partial charge in [-0.15, -0.1) is 0 Å². The van der Waals surface area contributed by atoms with Gasteiger partial charge in [0.15, 0.2) is 0 Å². The van der Waals surface area contributed by atoms with Crippen LogP contribution in [0.2, 0.25) is 0 Å². The molecule has 0 aliphatic heterocycles. The summed E-state index contributed by atoms with van der Waals surface area (Å²) in [6, 6.07) is 18.4. The van der Waals surface area contributed by atoms with Gasteiger partial charge in [-0.2, -0.15) is 0 Å². The molecule has 1 saturated carbocycles. The molecule has 1 amide bonds. The van der Waals surface area contributed by atoms with E-state index < -0.39 is 0 Å². The number of esters is 1. The normalized spacial score (nSPS) is 14.4. The summed E-state index contributed by atoms with van der Waals surface area (Å²) < 4.78 is 4.68. The Hall–Kier alpha value is -2.88. The number of nitrogens with zero attached hydrogens (tertiary/aromatic N) is 1. The van der Waals surface area contributed by atoms with Gasteiger partial charge in [0.25, 0.3) is 0 Å². The molecule has 0 spiro atoms. The molecule has 0 radical (unpaired) electrons. The van der Waals surface area contributed by atoms with Gasteiger partial charge < -0.3 is 9.64 Å². The quantitative estimate of drug-likeness (QED) is 0.255. The number of hydrogen-bond donors (Lipinski definition) is 0. The molecule has 1 aliphatic rings. The zero-order valence-electron chi connectivity index (χ0n) is 19.2. The molecular formula is C28H35NO3. The molecule has 0 aromatic heterocycles. The van der Waals surface area contributed by atoms with Crippen molar-refractivity contribution in [3.8, 4) is 0 Å². The van der Waals surface area contributed by atoms with E-state index in [1.54, 1.807) is 6.08 Å². The Kier molecular flexibility index (Phi) is 9.55. The molecule has 1 fully saturated rings. The lowest BCUT2D eigenvalue weighted by Crippen LogP contribution is -2.38. The number of amides is 1. The zero-order valence-corrected chi connectivity index (χ0v) is 19.2. The van der Waals surface area contributed by atoms with E-state index in [4.69, 9.17) is 0 Å². The minimum absolute atomic E-state index is 0.127. The van der Waals surface area contributed by atoms with Crippen LogP contribution in [-0.2, 0) is 20.7 Å². The predicted octanol–water partition coefficient (Wildman–Crippen LogP) is 6.20. The summed E-state index contributed by atoms with van der Waals surface area (Å²) in [5.41, 5.74) is 3.17. The van der Waals surface area contributed by atoms with Crippen molar-refractivity contribution in [2.45, 2.75) is 57.8 Å². The maximum Gasteiger partial charge on any atom is 0.330 e. The Bertz CT molecular complexity index is 885. The van der Waals surface area contributed by atoms with Gasteiger partial charge in [-0.1, -0.05) is 68.1 Å². The number of hydrogen-bond acceptors (Lipinski definition) is 3. The van der Waals surface area contributed by atoms with Gasteiger partial charge in [0, 0.05) is 24.2 Å². The Balaban J connectivity index is 1.65. The van der Waals surface area contributed by atoms with Gasteiger partial charge in [-0.25, -0.2) is 4.79 Å². The monoisotopic (exact) mass is 433 g/mol. The molecular weight excluding hydrogens is 398 g/mol. The molecule has 4 nitrogen and oxygen atoms in total. The van der Waals surface area contributed by atoms with E-state index in [-0.39, 0.29) is 17.8 Å². The molecule has 2 aromatic rings. The number of unbranched alkanes of at least 4 members (excludes halogenated alkanes) is 2. The van der Waals surface area contributed by atoms with Gasteiger partial charge in [0.05, 0.1) is 7.11 Å². The molecule has 2 aromatic carbocycles. The predicted molar refractivity (Wildman–Crippen MR) is 130 cm³/mol. The topological polar surface area (TPSA) is 46.6 Å². The van der Waals surface area contributed by atoms with E-state index >= 15 is 0 Å². The molecule has 4 heteroatoms. The van der Waals surface area contributed by atoms with E-state index in [9.17, 15) is 9.59 Å². The van der Waals surface area contributed by atoms with Crippen LogP contribution in [0.5, 0.6) is 0 Å². The number of rotatable bonds is 10. The lowest BCUT2D eigenvalue weighted by atomic mass is 9.88. The average Bonchev–Trinajstić information content (AvgIpc) is 2.85. The molecule has 32 heavy (non-hydrogen) atoms. The fraction of sp³-hybridized carbons (Fsp3) is 0.429. The van der Waals surface area contributed by atoms with Crippen molar-refractivity contribution in [1.29, 1.82) is 0 Å². The first-order valence-corrected chi connectivity index (χ1v) is 11.9. The molecule has 0 heterocycles. The van der Waals surface area contributed by atoms with Crippen LogP contribution in [-0.4, -0.2) is 25.5 Å². The molecule has 0 atom stereocenters. The first-order valence-electron chi connectivity index (χ1n) is 11.9. The average molecular weight is 434 g/mol. The van der Waals surface area contributed by atoms with Crippen LogP contribution in [0.1, 0.15) is 62.5 Å². The van der Waals surface area contributed by atoms with Gasteiger partial charge in [-0.3, -0.25) is 4.79 Å². The van der Waals surface area contributed by atoms with E-state index in [1.807, 2.05) is 35.2 Å². The minimum Gasteiger partial charge on any atom is -0.466 e. The van der Waals surface area contributed by atoms with Crippen molar-refractivity contribution in [3.63, 3.8) is 0 Å². The number of benzene rings is 2. The summed E-state index contributed by atoms with van der Waals surface area (Å²) in [4.78, 5) is 26.9. The van der Waals surface area contributed by atoms with Crippen molar-refractivity contribution >= 4 is 23.6 Å². The highest BCUT2D eigenvalue weighted by atomic mass is 16.5. The molecule has 3 rings (SSSR count). The van der Waals surface area contributed by atoms with Crippen LogP contribution >= 0.6 is 0 Å². The Morgan fingerprint density at radius 1 is 0.969 bits per heavy atom.